The molecule has 1 saturated heterocycles. The van der Waals surface area contributed by atoms with Crippen LogP contribution >= 0.6 is 0 Å². The first-order valence-electron chi connectivity index (χ1n) is 3.77. The highest BCUT2D eigenvalue weighted by Crippen LogP contribution is 2.47. The van der Waals surface area contributed by atoms with Crippen LogP contribution in [0.15, 0.2) is 25.3 Å². The van der Waals surface area contributed by atoms with E-state index in [4.69, 9.17) is 4.74 Å². The van der Waals surface area contributed by atoms with Crippen molar-refractivity contribution in [2.45, 2.75) is 18.6 Å². The minimum Gasteiger partial charge on any atom is -0.368 e. The average molecular weight is 136 g/mol. The molecule has 10 heavy (non-hydrogen) atoms. The summed E-state index contributed by atoms with van der Waals surface area (Å²) in [5, 5.41) is 0. The second-order valence-corrected chi connectivity index (χ2v) is 3.10. The lowest BCUT2D eigenvalue weighted by Crippen LogP contribution is -2.01. The molecule has 1 nitrogen and oxygen atoms in total. The van der Waals surface area contributed by atoms with E-state index in [0.717, 1.165) is 0 Å². The van der Waals surface area contributed by atoms with Gasteiger partial charge in [-0.2, -0.15) is 0 Å². The molecule has 0 amide bonds. The molecule has 0 unspecified atom stereocenters. The minimum absolute atomic E-state index is 0.487. The van der Waals surface area contributed by atoms with Gasteiger partial charge in [0.15, 0.2) is 0 Å². The van der Waals surface area contributed by atoms with Crippen LogP contribution in [0.3, 0.4) is 0 Å². The van der Waals surface area contributed by atoms with E-state index in [1.165, 1.54) is 6.42 Å². The zero-order valence-electron chi connectivity index (χ0n) is 5.99. The number of rotatable bonds is 2. The van der Waals surface area contributed by atoms with Gasteiger partial charge in [-0.1, -0.05) is 12.2 Å². The Morgan fingerprint density at radius 2 is 1.60 bits per heavy atom. The van der Waals surface area contributed by atoms with Crippen molar-refractivity contribution >= 4 is 0 Å². The third-order valence-corrected chi connectivity index (χ3v) is 2.56. The molecule has 2 fully saturated rings. The highest BCUT2D eigenvalue weighted by Gasteiger charge is 2.53. The predicted molar refractivity (Wildman–Crippen MR) is 40.7 cm³/mol. The van der Waals surface area contributed by atoms with Gasteiger partial charge in [0, 0.05) is 11.8 Å². The molecule has 2 rings (SSSR count). The molecule has 1 heteroatoms. The van der Waals surface area contributed by atoms with Gasteiger partial charge in [-0.15, -0.1) is 13.2 Å². The zero-order chi connectivity index (χ0) is 7.14. The Morgan fingerprint density at radius 3 is 1.90 bits per heavy atom. The SMILES string of the molecule is C=C[C@@H]1C[C@H](C=C)[C@H]2O[C@H]21. The highest BCUT2D eigenvalue weighted by molar-refractivity contribution is 5.12. The molecule has 0 N–H and O–H groups in total. The molecule has 4 atom stereocenters. The normalized spacial score (nSPS) is 50.0. The summed E-state index contributed by atoms with van der Waals surface area (Å²) in [6.07, 6.45) is 6.19. The van der Waals surface area contributed by atoms with E-state index in [9.17, 15) is 0 Å². The summed E-state index contributed by atoms with van der Waals surface area (Å²) >= 11 is 0. The Labute approximate surface area is 61.4 Å². The van der Waals surface area contributed by atoms with E-state index in [-0.39, 0.29) is 0 Å². The van der Waals surface area contributed by atoms with E-state index >= 15 is 0 Å². The molecule has 1 aliphatic heterocycles. The van der Waals surface area contributed by atoms with Crippen molar-refractivity contribution in [2.75, 3.05) is 0 Å². The summed E-state index contributed by atoms with van der Waals surface area (Å²) in [7, 11) is 0. The molecule has 1 saturated carbocycles. The molecule has 1 aliphatic carbocycles. The van der Waals surface area contributed by atoms with Gasteiger partial charge in [-0.3, -0.25) is 0 Å². The lowest BCUT2D eigenvalue weighted by Gasteiger charge is -2.06. The molecule has 0 aromatic carbocycles. The molecular weight excluding hydrogens is 124 g/mol. The van der Waals surface area contributed by atoms with Crippen LogP contribution in [0.1, 0.15) is 6.42 Å². The van der Waals surface area contributed by atoms with Gasteiger partial charge in [0.25, 0.3) is 0 Å². The fourth-order valence-electron chi connectivity index (χ4n) is 1.87. The number of hydrogen-bond acceptors (Lipinski definition) is 1. The van der Waals surface area contributed by atoms with Gasteiger partial charge in [-0.25, -0.2) is 0 Å². The summed E-state index contributed by atoms with van der Waals surface area (Å²) in [5.74, 6) is 1.18. The Balaban J connectivity index is 2.08. The average Bonchev–Trinajstić information content (AvgIpc) is 2.67. The fraction of sp³-hybridized carbons (Fsp3) is 0.556. The standard InChI is InChI=1S/C9H12O/c1-3-6-5-7(4-2)9-8(6)10-9/h3-4,6-9H,1-2,5H2/t6-,7+,8+,9-. The Morgan fingerprint density at radius 1 is 1.10 bits per heavy atom. The topological polar surface area (TPSA) is 12.5 Å². The van der Waals surface area contributed by atoms with Gasteiger partial charge >= 0.3 is 0 Å². The molecule has 1 heterocycles. The summed E-state index contributed by atoms with van der Waals surface area (Å²) in [4.78, 5) is 0. The molecule has 2 aliphatic rings. The third-order valence-electron chi connectivity index (χ3n) is 2.56. The predicted octanol–water partition coefficient (Wildman–Crippen LogP) is 1.76. The first kappa shape index (κ1) is 6.17. The maximum atomic E-state index is 5.42. The van der Waals surface area contributed by atoms with Crippen molar-refractivity contribution in [3.8, 4) is 0 Å². The smallest absolute Gasteiger partial charge is 0.0910 e. The Bertz CT molecular complexity index is 156. The quantitative estimate of drug-likeness (QED) is 0.416. The van der Waals surface area contributed by atoms with Crippen molar-refractivity contribution in [2.24, 2.45) is 11.8 Å². The van der Waals surface area contributed by atoms with Gasteiger partial charge in [0.2, 0.25) is 0 Å². The monoisotopic (exact) mass is 136 g/mol. The molecule has 0 aromatic heterocycles. The first-order chi connectivity index (χ1) is 4.86. The molecule has 54 valence electrons. The van der Waals surface area contributed by atoms with Gasteiger partial charge in [-0.05, 0) is 6.42 Å². The van der Waals surface area contributed by atoms with Crippen molar-refractivity contribution in [3.63, 3.8) is 0 Å². The van der Waals surface area contributed by atoms with E-state index < -0.39 is 0 Å². The molecule has 0 radical (unpaired) electrons. The summed E-state index contributed by atoms with van der Waals surface area (Å²) in [6.45, 7) is 7.55. The van der Waals surface area contributed by atoms with Gasteiger partial charge in [0.05, 0.1) is 12.2 Å². The van der Waals surface area contributed by atoms with E-state index in [2.05, 4.69) is 13.2 Å². The fourth-order valence-corrected chi connectivity index (χ4v) is 1.87. The largest absolute Gasteiger partial charge is 0.368 e. The molecule has 0 spiro atoms. The number of fused-ring (bicyclic) bond motifs is 1. The molecule has 0 aromatic rings. The Kier molecular flexibility index (Phi) is 1.21. The maximum Gasteiger partial charge on any atom is 0.0910 e. The van der Waals surface area contributed by atoms with Crippen molar-refractivity contribution in [1.82, 2.24) is 0 Å². The Hall–Kier alpha value is -0.560. The van der Waals surface area contributed by atoms with Crippen molar-refractivity contribution in [3.05, 3.63) is 25.3 Å². The summed E-state index contributed by atoms with van der Waals surface area (Å²) < 4.78 is 5.42. The zero-order valence-corrected chi connectivity index (χ0v) is 5.99. The van der Waals surface area contributed by atoms with Crippen LogP contribution in [0.5, 0.6) is 0 Å². The number of ether oxygens (including phenoxy) is 1. The van der Waals surface area contributed by atoms with E-state index in [0.29, 0.717) is 24.0 Å². The van der Waals surface area contributed by atoms with Crippen LogP contribution in [-0.2, 0) is 4.74 Å². The molecule has 0 bridgehead atoms. The second kappa shape index (κ2) is 1.96. The highest BCUT2D eigenvalue weighted by atomic mass is 16.6. The number of hydrogen-bond donors (Lipinski definition) is 0. The van der Waals surface area contributed by atoms with Crippen LogP contribution < -0.4 is 0 Å². The van der Waals surface area contributed by atoms with E-state index in [1.807, 2.05) is 12.2 Å². The third kappa shape index (κ3) is 0.671. The van der Waals surface area contributed by atoms with Crippen LogP contribution in [0.2, 0.25) is 0 Å². The second-order valence-electron chi connectivity index (χ2n) is 3.10. The lowest BCUT2D eigenvalue weighted by atomic mass is 10.0. The number of epoxide rings is 1. The van der Waals surface area contributed by atoms with Crippen LogP contribution in [0.4, 0.5) is 0 Å². The van der Waals surface area contributed by atoms with Crippen molar-refractivity contribution in [1.29, 1.82) is 0 Å². The van der Waals surface area contributed by atoms with Gasteiger partial charge in [0.1, 0.15) is 0 Å². The van der Waals surface area contributed by atoms with Crippen LogP contribution in [0.25, 0.3) is 0 Å². The van der Waals surface area contributed by atoms with Crippen LogP contribution in [-0.4, -0.2) is 12.2 Å². The van der Waals surface area contributed by atoms with Crippen molar-refractivity contribution < 1.29 is 4.74 Å². The summed E-state index contributed by atoms with van der Waals surface area (Å²) in [5.41, 5.74) is 0. The molecular formula is C9H12O. The maximum absolute atomic E-state index is 5.42. The lowest BCUT2D eigenvalue weighted by molar-refractivity contribution is 0.261. The van der Waals surface area contributed by atoms with E-state index in [1.54, 1.807) is 0 Å². The minimum atomic E-state index is 0.487. The van der Waals surface area contributed by atoms with Crippen LogP contribution in [0, 0.1) is 11.8 Å². The first-order valence-corrected chi connectivity index (χ1v) is 3.77. The van der Waals surface area contributed by atoms with Gasteiger partial charge < -0.3 is 4.74 Å². The summed E-state index contributed by atoms with van der Waals surface area (Å²) in [6, 6.07) is 0.